The lowest BCUT2D eigenvalue weighted by Gasteiger charge is -1.93. The minimum atomic E-state index is 0.890. The van der Waals surface area contributed by atoms with Crippen LogP contribution in [0.25, 0.3) is 0 Å². The zero-order chi connectivity index (χ0) is 8.23. The van der Waals surface area contributed by atoms with Crippen molar-refractivity contribution in [2.45, 2.75) is 9.92 Å². The average molecular weight is 177 g/mol. The van der Waals surface area contributed by atoms with E-state index in [1.54, 1.807) is 18.0 Å². The van der Waals surface area contributed by atoms with Crippen molar-refractivity contribution in [1.82, 2.24) is 5.16 Å². The van der Waals surface area contributed by atoms with Gasteiger partial charge in [-0.1, -0.05) is 35.1 Å². The van der Waals surface area contributed by atoms with Crippen LogP contribution in [0.15, 0.2) is 57.1 Å². The minimum Gasteiger partial charge on any atom is -0.364 e. The molecule has 1 heterocycles. The van der Waals surface area contributed by atoms with E-state index in [0.29, 0.717) is 0 Å². The molecule has 0 amide bonds. The number of nitrogens with zero attached hydrogens (tertiary/aromatic N) is 1. The Hall–Kier alpha value is -1.22. The van der Waals surface area contributed by atoms with E-state index in [0.717, 1.165) is 5.03 Å². The van der Waals surface area contributed by atoms with Gasteiger partial charge in [0.2, 0.25) is 0 Å². The molecule has 0 spiro atoms. The minimum absolute atomic E-state index is 0.890. The summed E-state index contributed by atoms with van der Waals surface area (Å²) >= 11 is 1.59. The molecule has 0 aliphatic rings. The first-order chi connectivity index (χ1) is 5.95. The molecular formula is C9H7NOS. The molecule has 0 aliphatic heterocycles. The van der Waals surface area contributed by atoms with Crippen LogP contribution in [0, 0.1) is 0 Å². The monoisotopic (exact) mass is 177 g/mol. The Morgan fingerprint density at radius 3 is 2.58 bits per heavy atom. The summed E-state index contributed by atoms with van der Waals surface area (Å²) in [5, 5.41) is 4.69. The summed E-state index contributed by atoms with van der Waals surface area (Å²) in [5.74, 6) is 0. The SMILES string of the molecule is c1ccc(Sc2ccon2)cc1. The van der Waals surface area contributed by atoms with Crippen LogP contribution in [-0.4, -0.2) is 5.16 Å². The molecule has 1 aromatic carbocycles. The fourth-order valence-electron chi connectivity index (χ4n) is 0.863. The summed E-state index contributed by atoms with van der Waals surface area (Å²) in [5.41, 5.74) is 0. The Morgan fingerprint density at radius 1 is 1.08 bits per heavy atom. The van der Waals surface area contributed by atoms with Crippen molar-refractivity contribution in [3.8, 4) is 0 Å². The van der Waals surface area contributed by atoms with Crippen molar-refractivity contribution >= 4 is 11.8 Å². The zero-order valence-electron chi connectivity index (χ0n) is 6.31. The van der Waals surface area contributed by atoms with E-state index in [9.17, 15) is 0 Å². The molecule has 0 saturated carbocycles. The van der Waals surface area contributed by atoms with Crippen LogP contribution >= 0.6 is 11.8 Å². The highest BCUT2D eigenvalue weighted by Crippen LogP contribution is 2.24. The zero-order valence-corrected chi connectivity index (χ0v) is 7.12. The maximum absolute atomic E-state index is 4.72. The highest BCUT2D eigenvalue weighted by molar-refractivity contribution is 7.99. The van der Waals surface area contributed by atoms with Crippen LogP contribution in [0.2, 0.25) is 0 Å². The molecule has 0 unspecified atom stereocenters. The fraction of sp³-hybridized carbons (Fsp3) is 0. The normalized spacial score (nSPS) is 10.0. The maximum atomic E-state index is 4.72. The molecule has 0 bridgehead atoms. The number of hydrogen-bond donors (Lipinski definition) is 0. The van der Waals surface area contributed by atoms with E-state index in [4.69, 9.17) is 4.52 Å². The molecule has 3 heteroatoms. The smallest absolute Gasteiger partial charge is 0.144 e. The van der Waals surface area contributed by atoms with E-state index in [1.165, 1.54) is 4.90 Å². The van der Waals surface area contributed by atoms with Crippen LogP contribution < -0.4 is 0 Å². The second kappa shape index (κ2) is 3.45. The van der Waals surface area contributed by atoms with Gasteiger partial charge in [0.25, 0.3) is 0 Å². The van der Waals surface area contributed by atoms with Gasteiger partial charge in [-0.2, -0.15) is 0 Å². The highest BCUT2D eigenvalue weighted by Gasteiger charge is 1.97. The lowest BCUT2D eigenvalue weighted by atomic mass is 10.4. The van der Waals surface area contributed by atoms with Gasteiger partial charge in [-0.3, -0.25) is 0 Å². The van der Waals surface area contributed by atoms with Crippen molar-refractivity contribution < 1.29 is 4.52 Å². The van der Waals surface area contributed by atoms with Crippen molar-refractivity contribution in [2.75, 3.05) is 0 Å². The quantitative estimate of drug-likeness (QED) is 0.705. The van der Waals surface area contributed by atoms with Gasteiger partial charge in [0.05, 0.1) is 0 Å². The number of rotatable bonds is 2. The van der Waals surface area contributed by atoms with Gasteiger partial charge in [-0.05, 0) is 12.1 Å². The molecule has 2 aromatic rings. The van der Waals surface area contributed by atoms with E-state index in [1.807, 2.05) is 36.4 Å². The van der Waals surface area contributed by atoms with Gasteiger partial charge in [-0.15, -0.1) is 0 Å². The number of benzene rings is 1. The molecule has 0 fully saturated rings. The molecule has 0 saturated heterocycles. The second-order valence-corrected chi connectivity index (χ2v) is 3.35. The standard InChI is InChI=1S/C9H7NOS/c1-2-4-8(5-3-1)12-9-6-7-11-10-9/h1-7H. The summed E-state index contributed by atoms with van der Waals surface area (Å²) in [6.07, 6.45) is 1.57. The van der Waals surface area contributed by atoms with Gasteiger partial charge >= 0.3 is 0 Å². The fourth-order valence-corrected chi connectivity index (χ4v) is 1.60. The van der Waals surface area contributed by atoms with E-state index in [2.05, 4.69) is 5.16 Å². The molecule has 2 nitrogen and oxygen atoms in total. The van der Waals surface area contributed by atoms with E-state index < -0.39 is 0 Å². The summed E-state index contributed by atoms with van der Waals surface area (Å²) in [6, 6.07) is 11.9. The lowest BCUT2D eigenvalue weighted by molar-refractivity contribution is 0.404. The van der Waals surface area contributed by atoms with Crippen molar-refractivity contribution in [2.24, 2.45) is 0 Å². The molecule has 0 aliphatic carbocycles. The molecule has 60 valence electrons. The first kappa shape index (κ1) is 7.43. The predicted molar refractivity (Wildman–Crippen MR) is 47.1 cm³/mol. The van der Waals surface area contributed by atoms with Gasteiger partial charge in [0.1, 0.15) is 11.3 Å². The van der Waals surface area contributed by atoms with Gasteiger partial charge < -0.3 is 4.52 Å². The molecule has 12 heavy (non-hydrogen) atoms. The number of aromatic nitrogens is 1. The second-order valence-electron chi connectivity index (χ2n) is 2.25. The molecule has 0 N–H and O–H groups in total. The molecule has 2 rings (SSSR count). The largest absolute Gasteiger partial charge is 0.364 e. The number of hydrogen-bond acceptors (Lipinski definition) is 3. The van der Waals surface area contributed by atoms with Gasteiger partial charge in [0.15, 0.2) is 0 Å². The third-order valence-corrected chi connectivity index (χ3v) is 2.31. The average Bonchev–Trinajstić information content (AvgIpc) is 2.59. The molecule has 1 aromatic heterocycles. The Balaban J connectivity index is 2.15. The van der Waals surface area contributed by atoms with Crippen LogP contribution in [-0.2, 0) is 0 Å². The Kier molecular flexibility index (Phi) is 2.14. The first-order valence-electron chi connectivity index (χ1n) is 3.58. The first-order valence-corrected chi connectivity index (χ1v) is 4.40. The molecule has 0 radical (unpaired) electrons. The van der Waals surface area contributed by atoms with Crippen LogP contribution in [0.3, 0.4) is 0 Å². The summed E-state index contributed by atoms with van der Waals surface area (Å²) in [7, 11) is 0. The summed E-state index contributed by atoms with van der Waals surface area (Å²) in [6.45, 7) is 0. The molecular weight excluding hydrogens is 170 g/mol. The summed E-state index contributed by atoms with van der Waals surface area (Å²) in [4.78, 5) is 1.17. The van der Waals surface area contributed by atoms with Gasteiger partial charge in [0, 0.05) is 11.0 Å². The lowest BCUT2D eigenvalue weighted by Crippen LogP contribution is -1.70. The topological polar surface area (TPSA) is 26.0 Å². The predicted octanol–water partition coefficient (Wildman–Crippen LogP) is 2.83. The van der Waals surface area contributed by atoms with Crippen LogP contribution in [0.4, 0.5) is 0 Å². The Bertz CT molecular complexity index is 331. The summed E-state index contributed by atoms with van der Waals surface area (Å²) < 4.78 is 4.72. The Morgan fingerprint density at radius 2 is 1.92 bits per heavy atom. The van der Waals surface area contributed by atoms with Crippen molar-refractivity contribution in [3.05, 3.63) is 42.7 Å². The van der Waals surface area contributed by atoms with Crippen molar-refractivity contribution in [1.29, 1.82) is 0 Å². The molecule has 0 atom stereocenters. The van der Waals surface area contributed by atoms with Gasteiger partial charge in [-0.25, -0.2) is 0 Å². The third kappa shape index (κ3) is 1.68. The van der Waals surface area contributed by atoms with Crippen LogP contribution in [0.1, 0.15) is 0 Å². The third-order valence-electron chi connectivity index (χ3n) is 1.38. The van der Waals surface area contributed by atoms with Crippen molar-refractivity contribution in [3.63, 3.8) is 0 Å². The Labute approximate surface area is 74.6 Å². The van der Waals surface area contributed by atoms with Crippen LogP contribution in [0.5, 0.6) is 0 Å². The highest BCUT2D eigenvalue weighted by atomic mass is 32.2. The van der Waals surface area contributed by atoms with E-state index >= 15 is 0 Å². The maximum Gasteiger partial charge on any atom is 0.144 e. The van der Waals surface area contributed by atoms with E-state index in [-0.39, 0.29) is 0 Å².